The molecule has 0 saturated heterocycles. The van der Waals surface area contributed by atoms with Crippen LogP contribution < -0.4 is 19.9 Å². The van der Waals surface area contributed by atoms with E-state index in [9.17, 15) is 21.6 Å². The molecule has 0 aliphatic carbocycles. The molecular weight excluding hydrogens is 421 g/mol. The Labute approximate surface area is 164 Å². The quantitative estimate of drug-likeness (QED) is 0.749. The topological polar surface area (TPSA) is 90.7 Å². The minimum absolute atomic E-state index is 0.147. The van der Waals surface area contributed by atoms with E-state index in [1.165, 1.54) is 0 Å². The molecule has 0 amide bonds. The normalized spacial score (nSPS) is 14.0. The van der Waals surface area contributed by atoms with Gasteiger partial charge in [0.25, 0.3) is 0 Å². The van der Waals surface area contributed by atoms with Crippen LogP contribution >= 0.6 is 11.6 Å². The fraction of sp³-hybridized carbons (Fsp3) is 0.294. The van der Waals surface area contributed by atoms with Gasteiger partial charge in [-0.15, -0.1) is 0 Å². The maximum Gasteiger partial charge on any atom is 0.418 e. The molecule has 2 aromatic carbocycles. The summed E-state index contributed by atoms with van der Waals surface area (Å²) in [5.74, 6) is 0.935. The molecule has 11 heteroatoms. The lowest BCUT2D eigenvalue weighted by Crippen LogP contribution is -2.17. The summed E-state index contributed by atoms with van der Waals surface area (Å²) in [7, 11) is -4.25. The van der Waals surface area contributed by atoms with Gasteiger partial charge in [-0.05, 0) is 42.3 Å². The van der Waals surface area contributed by atoms with Gasteiger partial charge in [-0.2, -0.15) is 13.2 Å². The Bertz CT molecular complexity index is 997. The summed E-state index contributed by atoms with van der Waals surface area (Å²) in [4.78, 5) is -0.607. The van der Waals surface area contributed by atoms with Crippen molar-refractivity contribution < 1.29 is 31.1 Å². The Balaban J connectivity index is 1.77. The number of sulfonamides is 1. The highest BCUT2D eigenvalue weighted by molar-refractivity contribution is 7.89. The van der Waals surface area contributed by atoms with Gasteiger partial charge in [-0.3, -0.25) is 0 Å². The van der Waals surface area contributed by atoms with Gasteiger partial charge in [0, 0.05) is 12.2 Å². The first-order valence-corrected chi connectivity index (χ1v) is 10.0. The Morgan fingerprint density at radius 1 is 1.14 bits per heavy atom. The van der Waals surface area contributed by atoms with E-state index in [2.05, 4.69) is 5.32 Å². The zero-order chi connectivity index (χ0) is 20.5. The highest BCUT2D eigenvalue weighted by atomic mass is 35.5. The van der Waals surface area contributed by atoms with Gasteiger partial charge in [-0.1, -0.05) is 11.6 Å². The molecule has 1 aliphatic heterocycles. The van der Waals surface area contributed by atoms with E-state index >= 15 is 0 Å². The Morgan fingerprint density at radius 3 is 2.54 bits per heavy atom. The van der Waals surface area contributed by atoms with Crippen LogP contribution in [0.1, 0.15) is 11.1 Å². The minimum Gasteiger partial charge on any atom is -0.486 e. The number of primary sulfonamides is 1. The van der Waals surface area contributed by atoms with Crippen LogP contribution in [0.3, 0.4) is 0 Å². The van der Waals surface area contributed by atoms with Gasteiger partial charge >= 0.3 is 6.18 Å². The lowest BCUT2D eigenvalue weighted by molar-refractivity contribution is -0.137. The summed E-state index contributed by atoms with van der Waals surface area (Å²) in [6, 6.07) is 5.95. The number of hydrogen-bond acceptors (Lipinski definition) is 5. The summed E-state index contributed by atoms with van der Waals surface area (Å²) in [5, 5.41) is 7.95. The van der Waals surface area contributed by atoms with Crippen LogP contribution in [0.25, 0.3) is 0 Å². The largest absolute Gasteiger partial charge is 0.486 e. The number of anilines is 1. The van der Waals surface area contributed by atoms with Crippen molar-refractivity contribution >= 4 is 27.3 Å². The van der Waals surface area contributed by atoms with Crippen molar-refractivity contribution in [2.24, 2.45) is 5.14 Å². The summed E-state index contributed by atoms with van der Waals surface area (Å²) < 4.78 is 73.4. The molecule has 0 aromatic heterocycles. The van der Waals surface area contributed by atoms with Crippen LogP contribution in [-0.2, 0) is 22.6 Å². The molecule has 3 N–H and O–H groups in total. The molecule has 0 spiro atoms. The second-order valence-corrected chi connectivity index (χ2v) is 8.00. The van der Waals surface area contributed by atoms with Crippen molar-refractivity contribution in [3.05, 3.63) is 46.5 Å². The zero-order valence-corrected chi connectivity index (χ0v) is 15.9. The zero-order valence-electron chi connectivity index (χ0n) is 14.3. The minimum atomic E-state index is -4.75. The van der Waals surface area contributed by atoms with Crippen molar-refractivity contribution in [1.29, 1.82) is 0 Å². The van der Waals surface area contributed by atoms with Crippen LogP contribution in [0.15, 0.2) is 35.2 Å². The molecule has 6 nitrogen and oxygen atoms in total. The SMILES string of the molecule is NS(=O)(=O)c1ccc(NCCc2cc(Cl)c3c(c2)OCCO3)c(C(F)(F)F)c1. The lowest BCUT2D eigenvalue weighted by atomic mass is 10.1. The third-order valence-electron chi connectivity index (χ3n) is 4.01. The molecule has 0 radical (unpaired) electrons. The van der Waals surface area contributed by atoms with Crippen LogP contribution in [0.4, 0.5) is 18.9 Å². The number of hydrogen-bond donors (Lipinski definition) is 2. The van der Waals surface area contributed by atoms with Crippen molar-refractivity contribution in [2.45, 2.75) is 17.5 Å². The lowest BCUT2D eigenvalue weighted by Gasteiger charge is -2.20. The molecule has 0 bridgehead atoms. The van der Waals surface area contributed by atoms with E-state index in [0.717, 1.165) is 17.7 Å². The molecule has 0 atom stereocenters. The van der Waals surface area contributed by atoms with E-state index in [0.29, 0.717) is 42.2 Å². The third-order valence-corrected chi connectivity index (χ3v) is 5.20. The number of ether oxygens (including phenoxy) is 2. The standard InChI is InChI=1S/C17H16ClF3N2O4S/c18-13-7-10(8-15-16(13)27-6-5-26-15)3-4-23-14-2-1-11(28(22,24)25)9-12(14)17(19,20)21/h1-2,7-9,23H,3-6H2,(H2,22,24,25). The van der Waals surface area contributed by atoms with Gasteiger partial charge in [0.05, 0.1) is 15.5 Å². The summed E-state index contributed by atoms with van der Waals surface area (Å²) in [6.07, 6.45) is -4.39. The van der Waals surface area contributed by atoms with Gasteiger partial charge in [0.15, 0.2) is 11.5 Å². The second kappa shape index (κ2) is 7.69. The molecule has 28 heavy (non-hydrogen) atoms. The first-order chi connectivity index (χ1) is 13.1. The Morgan fingerprint density at radius 2 is 1.86 bits per heavy atom. The van der Waals surface area contributed by atoms with E-state index in [1.807, 2.05) is 0 Å². The number of alkyl halides is 3. The first-order valence-electron chi connectivity index (χ1n) is 8.11. The maximum atomic E-state index is 13.3. The van der Waals surface area contributed by atoms with Crippen molar-refractivity contribution in [1.82, 2.24) is 0 Å². The van der Waals surface area contributed by atoms with Gasteiger partial charge in [0.1, 0.15) is 13.2 Å². The highest BCUT2D eigenvalue weighted by Gasteiger charge is 2.34. The van der Waals surface area contributed by atoms with E-state index in [1.54, 1.807) is 12.1 Å². The monoisotopic (exact) mass is 436 g/mol. The second-order valence-electron chi connectivity index (χ2n) is 6.03. The number of nitrogens with one attached hydrogen (secondary N) is 1. The van der Waals surface area contributed by atoms with Crippen molar-refractivity contribution in [2.75, 3.05) is 25.1 Å². The number of fused-ring (bicyclic) bond motifs is 1. The van der Waals surface area contributed by atoms with Gasteiger partial charge < -0.3 is 14.8 Å². The summed E-state index contributed by atoms with van der Waals surface area (Å²) in [6.45, 7) is 0.923. The molecule has 2 aromatic rings. The molecular formula is C17H16ClF3N2O4S. The molecule has 1 aliphatic rings. The van der Waals surface area contributed by atoms with E-state index in [4.69, 9.17) is 26.2 Å². The number of rotatable bonds is 5. The van der Waals surface area contributed by atoms with Gasteiger partial charge in [-0.25, -0.2) is 13.6 Å². The highest BCUT2D eigenvalue weighted by Crippen LogP contribution is 2.39. The molecule has 152 valence electrons. The molecule has 0 saturated carbocycles. The smallest absolute Gasteiger partial charge is 0.418 e. The number of halogens is 4. The van der Waals surface area contributed by atoms with Crippen LogP contribution in [0.2, 0.25) is 5.02 Å². The summed E-state index contributed by atoms with van der Waals surface area (Å²) in [5.41, 5.74) is -0.612. The third kappa shape index (κ3) is 4.62. The predicted octanol–water partition coefficient (Wildman–Crippen LogP) is 3.43. The van der Waals surface area contributed by atoms with E-state index in [-0.39, 0.29) is 12.2 Å². The average Bonchev–Trinajstić information content (AvgIpc) is 2.60. The molecule has 3 rings (SSSR count). The first kappa shape index (κ1) is 20.6. The maximum absolute atomic E-state index is 13.3. The molecule has 0 fully saturated rings. The summed E-state index contributed by atoms with van der Waals surface area (Å²) >= 11 is 6.15. The number of nitrogens with two attached hydrogens (primary N) is 1. The molecule has 0 unspecified atom stereocenters. The predicted molar refractivity (Wildman–Crippen MR) is 97.5 cm³/mol. The average molecular weight is 437 g/mol. The fourth-order valence-electron chi connectivity index (χ4n) is 2.74. The van der Waals surface area contributed by atoms with Crippen LogP contribution in [0, 0.1) is 0 Å². The van der Waals surface area contributed by atoms with Crippen molar-refractivity contribution in [3.63, 3.8) is 0 Å². The van der Waals surface area contributed by atoms with Crippen LogP contribution in [-0.4, -0.2) is 28.2 Å². The van der Waals surface area contributed by atoms with Crippen molar-refractivity contribution in [3.8, 4) is 11.5 Å². The van der Waals surface area contributed by atoms with Gasteiger partial charge in [0.2, 0.25) is 10.0 Å². The van der Waals surface area contributed by atoms with E-state index < -0.39 is 26.7 Å². The number of benzene rings is 2. The Hall–Kier alpha value is -2.17. The van der Waals surface area contributed by atoms with Crippen LogP contribution in [0.5, 0.6) is 11.5 Å². The molecule has 1 heterocycles. The Kier molecular flexibility index (Phi) is 5.64. The fourth-order valence-corrected chi connectivity index (χ4v) is 3.57.